The number of aryl methyl sites for hydroxylation is 1. The molecule has 0 aromatic heterocycles. The molecule has 31 heavy (non-hydrogen) atoms. The van der Waals surface area contributed by atoms with Gasteiger partial charge in [-0.05, 0) is 61.9 Å². The van der Waals surface area contributed by atoms with Crippen molar-refractivity contribution < 1.29 is 29.3 Å². The van der Waals surface area contributed by atoms with Crippen LogP contribution in [-0.4, -0.2) is 65.5 Å². The number of benzene rings is 1. The molecule has 1 heterocycles. The summed E-state index contributed by atoms with van der Waals surface area (Å²) < 4.78 is 11.4. The van der Waals surface area contributed by atoms with Crippen LogP contribution in [0.4, 0.5) is 0 Å². The van der Waals surface area contributed by atoms with E-state index in [1.165, 1.54) is 29.9 Å². The predicted molar refractivity (Wildman–Crippen MR) is 126 cm³/mol. The SMILES string of the molecule is CNC(C#CCCC1SCCCS1)CCc1ccc(OC)c(OC)c1.O=C(O)C(=O)O. The first-order chi connectivity index (χ1) is 14.9. The number of carboxylic acid groups (broad SMARTS) is 2. The molecule has 1 saturated heterocycles. The number of aliphatic carboxylic acids is 2. The molecular weight excluding hydrogens is 438 g/mol. The van der Waals surface area contributed by atoms with E-state index in [0.29, 0.717) is 0 Å². The van der Waals surface area contributed by atoms with Gasteiger partial charge < -0.3 is 25.0 Å². The van der Waals surface area contributed by atoms with Crippen LogP contribution < -0.4 is 14.8 Å². The molecule has 1 aliphatic heterocycles. The molecule has 1 aromatic carbocycles. The molecule has 9 heteroatoms. The lowest BCUT2D eigenvalue weighted by molar-refractivity contribution is -0.159. The van der Waals surface area contributed by atoms with Crippen molar-refractivity contribution in [1.82, 2.24) is 5.32 Å². The zero-order valence-corrected chi connectivity index (χ0v) is 19.8. The van der Waals surface area contributed by atoms with E-state index in [9.17, 15) is 0 Å². The first-order valence-corrected chi connectivity index (χ1v) is 12.1. The Morgan fingerprint density at radius 1 is 1.16 bits per heavy atom. The standard InChI is InChI=1S/C20H29NO2S2.C2H2O4/c1-21-17(7-4-5-8-20-24-13-6-14-25-20)11-9-16-10-12-18(22-2)19(15-16)23-3;3-1(4)2(5)6/h10,12,15,17,20-21H,5-6,8-9,11,13-14H2,1-3H3;(H,3,4)(H,5,6). The smallest absolute Gasteiger partial charge is 0.414 e. The number of rotatable bonds is 8. The fourth-order valence-electron chi connectivity index (χ4n) is 2.72. The average molecular weight is 470 g/mol. The Morgan fingerprint density at radius 3 is 2.35 bits per heavy atom. The van der Waals surface area contributed by atoms with Gasteiger partial charge in [0.15, 0.2) is 11.5 Å². The highest BCUT2D eigenvalue weighted by Gasteiger charge is 2.13. The molecule has 1 aromatic rings. The maximum Gasteiger partial charge on any atom is 0.414 e. The minimum atomic E-state index is -1.82. The van der Waals surface area contributed by atoms with Crippen molar-refractivity contribution in [3.05, 3.63) is 23.8 Å². The van der Waals surface area contributed by atoms with E-state index in [4.69, 9.17) is 29.3 Å². The third-order valence-electron chi connectivity index (χ3n) is 4.38. The zero-order chi connectivity index (χ0) is 23.1. The third kappa shape index (κ3) is 11.2. The Morgan fingerprint density at radius 2 is 1.81 bits per heavy atom. The van der Waals surface area contributed by atoms with Gasteiger partial charge in [-0.1, -0.05) is 12.0 Å². The molecule has 1 atom stereocenters. The van der Waals surface area contributed by atoms with E-state index >= 15 is 0 Å². The number of methoxy groups -OCH3 is 2. The maximum absolute atomic E-state index is 9.10. The summed E-state index contributed by atoms with van der Waals surface area (Å²) in [4.78, 5) is 18.2. The lowest BCUT2D eigenvalue weighted by Gasteiger charge is -2.19. The predicted octanol–water partition coefficient (Wildman–Crippen LogP) is 3.36. The molecule has 0 radical (unpaired) electrons. The normalized spacial score (nSPS) is 14.3. The van der Waals surface area contributed by atoms with Gasteiger partial charge in [-0.3, -0.25) is 0 Å². The van der Waals surface area contributed by atoms with E-state index in [-0.39, 0.29) is 6.04 Å². The van der Waals surface area contributed by atoms with Crippen LogP contribution >= 0.6 is 23.5 Å². The van der Waals surface area contributed by atoms with Gasteiger partial charge in [-0.25, -0.2) is 9.59 Å². The molecule has 0 bridgehead atoms. The maximum atomic E-state index is 9.10. The number of hydrogen-bond donors (Lipinski definition) is 3. The summed E-state index contributed by atoms with van der Waals surface area (Å²) in [6, 6.07) is 6.35. The molecule has 2 rings (SSSR count). The molecule has 172 valence electrons. The fraction of sp³-hybridized carbons (Fsp3) is 0.545. The van der Waals surface area contributed by atoms with E-state index in [0.717, 1.165) is 35.3 Å². The molecule has 0 saturated carbocycles. The van der Waals surface area contributed by atoms with Crippen molar-refractivity contribution in [3.8, 4) is 23.3 Å². The number of carbonyl (C=O) groups is 2. The van der Waals surface area contributed by atoms with Crippen LogP contribution in [-0.2, 0) is 16.0 Å². The van der Waals surface area contributed by atoms with Crippen molar-refractivity contribution in [2.75, 3.05) is 32.8 Å². The lowest BCUT2D eigenvalue weighted by Crippen LogP contribution is -2.23. The quantitative estimate of drug-likeness (QED) is 0.390. The van der Waals surface area contributed by atoms with Crippen LogP contribution in [0.2, 0.25) is 0 Å². The van der Waals surface area contributed by atoms with Crippen molar-refractivity contribution in [2.24, 2.45) is 0 Å². The minimum absolute atomic E-state index is 0.236. The van der Waals surface area contributed by atoms with Crippen molar-refractivity contribution in [3.63, 3.8) is 0 Å². The number of carboxylic acids is 2. The van der Waals surface area contributed by atoms with Gasteiger partial charge in [-0.2, -0.15) is 0 Å². The molecule has 0 amide bonds. The van der Waals surface area contributed by atoms with E-state index in [1.54, 1.807) is 14.2 Å². The van der Waals surface area contributed by atoms with Crippen molar-refractivity contribution in [1.29, 1.82) is 0 Å². The number of nitrogens with one attached hydrogen (secondary N) is 1. The molecule has 1 unspecified atom stereocenters. The highest BCUT2D eigenvalue weighted by Crippen LogP contribution is 2.33. The molecule has 0 aliphatic carbocycles. The van der Waals surface area contributed by atoms with E-state index in [1.807, 2.05) is 13.1 Å². The fourth-order valence-corrected chi connectivity index (χ4v) is 5.59. The monoisotopic (exact) mass is 469 g/mol. The summed E-state index contributed by atoms with van der Waals surface area (Å²) in [5, 5.41) is 18.1. The Bertz CT molecular complexity index is 744. The van der Waals surface area contributed by atoms with Gasteiger partial charge >= 0.3 is 11.9 Å². The van der Waals surface area contributed by atoms with Gasteiger partial charge in [0.05, 0.1) is 24.8 Å². The van der Waals surface area contributed by atoms with Crippen LogP contribution in [0.3, 0.4) is 0 Å². The molecular formula is C22H31NO6S2. The Kier molecular flexibility index (Phi) is 13.7. The summed E-state index contributed by atoms with van der Waals surface area (Å²) in [5.74, 6) is 7.31. The summed E-state index contributed by atoms with van der Waals surface area (Å²) in [5.41, 5.74) is 1.25. The Labute approximate surface area is 192 Å². The van der Waals surface area contributed by atoms with E-state index in [2.05, 4.69) is 52.8 Å². The first kappa shape index (κ1) is 27.0. The van der Waals surface area contributed by atoms with Crippen LogP contribution in [0.1, 0.15) is 31.2 Å². The van der Waals surface area contributed by atoms with Crippen LogP contribution in [0.15, 0.2) is 18.2 Å². The molecule has 3 N–H and O–H groups in total. The first-order valence-electron chi connectivity index (χ1n) is 9.97. The highest BCUT2D eigenvalue weighted by molar-refractivity contribution is 8.17. The highest BCUT2D eigenvalue weighted by atomic mass is 32.2. The van der Waals surface area contributed by atoms with Gasteiger partial charge in [0, 0.05) is 6.42 Å². The molecule has 0 spiro atoms. The summed E-state index contributed by atoms with van der Waals surface area (Å²) >= 11 is 4.20. The second-order valence-corrected chi connectivity index (χ2v) is 9.48. The molecule has 1 aliphatic rings. The molecule has 1 fully saturated rings. The summed E-state index contributed by atoms with van der Waals surface area (Å²) in [7, 11) is 5.32. The minimum Gasteiger partial charge on any atom is -0.493 e. The van der Waals surface area contributed by atoms with Crippen molar-refractivity contribution in [2.45, 2.75) is 42.7 Å². The second-order valence-electron chi connectivity index (χ2n) is 6.56. The third-order valence-corrected chi connectivity index (χ3v) is 7.46. The van der Waals surface area contributed by atoms with Crippen LogP contribution in [0.5, 0.6) is 11.5 Å². The van der Waals surface area contributed by atoms with Gasteiger partial charge in [0.1, 0.15) is 0 Å². The molecule has 7 nitrogen and oxygen atoms in total. The van der Waals surface area contributed by atoms with Crippen LogP contribution in [0.25, 0.3) is 0 Å². The summed E-state index contributed by atoms with van der Waals surface area (Å²) in [6.45, 7) is 0. The number of hydrogen-bond acceptors (Lipinski definition) is 7. The van der Waals surface area contributed by atoms with Gasteiger partial charge in [-0.15, -0.1) is 29.4 Å². The van der Waals surface area contributed by atoms with E-state index < -0.39 is 11.9 Å². The van der Waals surface area contributed by atoms with Gasteiger partial charge in [0.2, 0.25) is 0 Å². The lowest BCUT2D eigenvalue weighted by atomic mass is 10.0. The second kappa shape index (κ2) is 15.7. The number of thioether (sulfide) groups is 2. The van der Waals surface area contributed by atoms with Gasteiger partial charge in [0.25, 0.3) is 0 Å². The summed E-state index contributed by atoms with van der Waals surface area (Å²) in [6.07, 6.45) is 5.52. The zero-order valence-electron chi connectivity index (χ0n) is 18.2. The Balaban J connectivity index is 0.000000703. The topological polar surface area (TPSA) is 105 Å². The largest absolute Gasteiger partial charge is 0.493 e. The van der Waals surface area contributed by atoms with Crippen molar-refractivity contribution >= 4 is 35.5 Å². The number of ether oxygens (including phenoxy) is 2. The Hall–Kier alpha value is -2.02. The van der Waals surface area contributed by atoms with Crippen LogP contribution in [0, 0.1) is 11.8 Å². The average Bonchev–Trinajstić information content (AvgIpc) is 2.79.